The Kier molecular flexibility index (Phi) is 4.67. The van der Waals surface area contributed by atoms with Gasteiger partial charge in [-0.05, 0) is 29.8 Å². The lowest BCUT2D eigenvalue weighted by Crippen LogP contribution is -2.05. The zero-order chi connectivity index (χ0) is 14.4. The van der Waals surface area contributed by atoms with Crippen molar-refractivity contribution < 1.29 is 13.5 Å². The minimum atomic E-state index is -0.445. The molecule has 2 aromatic rings. The lowest BCUT2D eigenvalue weighted by atomic mass is 9.98. The summed E-state index contributed by atoms with van der Waals surface area (Å²) < 4.78 is 31.5. The number of rotatable bonds is 5. The average molecular weight is 273 g/mol. The van der Waals surface area contributed by atoms with Crippen molar-refractivity contribution in [3.8, 4) is 11.8 Å². The van der Waals surface area contributed by atoms with E-state index < -0.39 is 5.92 Å². The molecule has 102 valence electrons. The van der Waals surface area contributed by atoms with Gasteiger partial charge in [0.15, 0.2) is 0 Å². The van der Waals surface area contributed by atoms with Crippen LogP contribution in [0.1, 0.15) is 17.9 Å². The van der Waals surface area contributed by atoms with E-state index in [1.165, 1.54) is 24.3 Å². The normalized spacial score (nSPS) is 11.7. The lowest BCUT2D eigenvalue weighted by molar-refractivity contribution is 0.304. The Bertz CT molecular complexity index is 622. The minimum absolute atomic E-state index is 0.262. The van der Waals surface area contributed by atoms with Gasteiger partial charge in [0.25, 0.3) is 0 Å². The van der Waals surface area contributed by atoms with Crippen molar-refractivity contribution in [3.63, 3.8) is 0 Å². The standard InChI is InChI=1S/C16H13F2NO/c17-14-4-1-3-12(9-14)13(11-19)7-8-20-16-6-2-5-15(18)10-16/h1-6,9-10,13H,7-8H2. The molecule has 0 bridgehead atoms. The van der Waals surface area contributed by atoms with Gasteiger partial charge in [0.1, 0.15) is 17.4 Å². The molecule has 0 spiro atoms. The molecule has 1 atom stereocenters. The van der Waals surface area contributed by atoms with E-state index in [4.69, 9.17) is 10.00 Å². The highest BCUT2D eigenvalue weighted by Crippen LogP contribution is 2.20. The molecule has 0 N–H and O–H groups in total. The van der Waals surface area contributed by atoms with Crippen LogP contribution in [-0.2, 0) is 0 Å². The largest absolute Gasteiger partial charge is 0.493 e. The number of hydrogen-bond acceptors (Lipinski definition) is 2. The quantitative estimate of drug-likeness (QED) is 0.823. The highest BCUT2D eigenvalue weighted by atomic mass is 19.1. The second-order valence-corrected chi connectivity index (χ2v) is 4.33. The van der Waals surface area contributed by atoms with Crippen molar-refractivity contribution in [2.75, 3.05) is 6.61 Å². The van der Waals surface area contributed by atoms with Crippen molar-refractivity contribution in [2.24, 2.45) is 0 Å². The summed E-state index contributed by atoms with van der Waals surface area (Å²) in [4.78, 5) is 0. The second kappa shape index (κ2) is 6.67. The van der Waals surface area contributed by atoms with Gasteiger partial charge in [-0.2, -0.15) is 5.26 Å². The molecule has 0 radical (unpaired) electrons. The summed E-state index contributed by atoms with van der Waals surface area (Å²) in [5.74, 6) is -0.765. The fourth-order valence-corrected chi connectivity index (χ4v) is 1.88. The Morgan fingerprint density at radius 3 is 2.40 bits per heavy atom. The molecule has 0 amide bonds. The first-order valence-electron chi connectivity index (χ1n) is 6.22. The molecule has 0 aliphatic rings. The Balaban J connectivity index is 1.93. The van der Waals surface area contributed by atoms with Crippen molar-refractivity contribution in [2.45, 2.75) is 12.3 Å². The summed E-state index contributed by atoms with van der Waals surface area (Å²) in [7, 11) is 0. The molecule has 20 heavy (non-hydrogen) atoms. The van der Waals surface area contributed by atoms with E-state index in [0.29, 0.717) is 17.7 Å². The topological polar surface area (TPSA) is 33.0 Å². The zero-order valence-electron chi connectivity index (χ0n) is 10.7. The van der Waals surface area contributed by atoms with Gasteiger partial charge in [-0.15, -0.1) is 0 Å². The maximum atomic E-state index is 13.1. The van der Waals surface area contributed by atoms with Gasteiger partial charge < -0.3 is 4.74 Å². The van der Waals surface area contributed by atoms with E-state index in [-0.39, 0.29) is 18.2 Å². The summed E-state index contributed by atoms with van der Waals surface area (Å²) in [6, 6.07) is 13.9. The number of hydrogen-bond donors (Lipinski definition) is 0. The van der Waals surface area contributed by atoms with Gasteiger partial charge >= 0.3 is 0 Å². The van der Waals surface area contributed by atoms with Crippen molar-refractivity contribution in [1.29, 1.82) is 5.26 Å². The van der Waals surface area contributed by atoms with Crippen LogP contribution in [0.4, 0.5) is 8.78 Å². The monoisotopic (exact) mass is 273 g/mol. The Morgan fingerprint density at radius 2 is 1.75 bits per heavy atom. The molecule has 1 unspecified atom stereocenters. The molecule has 0 aliphatic carbocycles. The third-order valence-corrected chi connectivity index (χ3v) is 2.88. The van der Waals surface area contributed by atoms with Crippen molar-refractivity contribution in [3.05, 3.63) is 65.7 Å². The summed E-state index contributed by atoms with van der Waals surface area (Å²) in [6.45, 7) is 0.262. The third kappa shape index (κ3) is 3.79. The van der Waals surface area contributed by atoms with Gasteiger partial charge in [-0.25, -0.2) is 8.78 Å². The molecule has 4 heteroatoms. The predicted octanol–water partition coefficient (Wildman–Crippen LogP) is 4.04. The molecular formula is C16H13F2NO. The van der Waals surface area contributed by atoms with Crippen LogP contribution in [0.3, 0.4) is 0 Å². The third-order valence-electron chi connectivity index (χ3n) is 2.88. The highest BCUT2D eigenvalue weighted by Gasteiger charge is 2.11. The van der Waals surface area contributed by atoms with Gasteiger partial charge in [0, 0.05) is 12.5 Å². The molecule has 0 saturated carbocycles. The molecule has 0 fully saturated rings. The van der Waals surface area contributed by atoms with Gasteiger partial charge in [-0.1, -0.05) is 18.2 Å². The Labute approximate surface area is 116 Å². The first-order valence-corrected chi connectivity index (χ1v) is 6.22. The summed E-state index contributed by atoms with van der Waals surface area (Å²) in [5.41, 5.74) is 0.621. The fourth-order valence-electron chi connectivity index (χ4n) is 1.88. The first-order chi connectivity index (χ1) is 9.69. The van der Waals surface area contributed by atoms with Crippen LogP contribution in [0.15, 0.2) is 48.5 Å². The first kappa shape index (κ1) is 14.0. The Morgan fingerprint density at radius 1 is 1.05 bits per heavy atom. The van der Waals surface area contributed by atoms with E-state index in [0.717, 1.165) is 0 Å². The van der Waals surface area contributed by atoms with E-state index in [9.17, 15) is 8.78 Å². The molecular weight excluding hydrogens is 260 g/mol. The zero-order valence-corrected chi connectivity index (χ0v) is 10.7. The second-order valence-electron chi connectivity index (χ2n) is 4.33. The molecule has 2 aromatic carbocycles. The molecule has 0 aliphatic heterocycles. The average Bonchev–Trinajstić information content (AvgIpc) is 2.44. The summed E-state index contributed by atoms with van der Waals surface area (Å²) in [6.07, 6.45) is 0.413. The Hall–Kier alpha value is -2.41. The van der Waals surface area contributed by atoms with Crippen LogP contribution in [0, 0.1) is 23.0 Å². The van der Waals surface area contributed by atoms with E-state index in [1.54, 1.807) is 24.3 Å². The highest BCUT2D eigenvalue weighted by molar-refractivity contribution is 5.26. The molecule has 0 heterocycles. The van der Waals surface area contributed by atoms with E-state index in [1.807, 2.05) is 0 Å². The van der Waals surface area contributed by atoms with Crippen LogP contribution in [0.2, 0.25) is 0 Å². The van der Waals surface area contributed by atoms with Gasteiger partial charge in [-0.3, -0.25) is 0 Å². The number of benzene rings is 2. The van der Waals surface area contributed by atoms with Gasteiger partial charge in [0.05, 0.1) is 18.6 Å². The predicted molar refractivity (Wildman–Crippen MR) is 71.3 cm³/mol. The molecule has 2 rings (SSSR count). The minimum Gasteiger partial charge on any atom is -0.493 e. The van der Waals surface area contributed by atoms with Crippen LogP contribution < -0.4 is 4.74 Å². The van der Waals surface area contributed by atoms with E-state index in [2.05, 4.69) is 6.07 Å². The number of ether oxygens (including phenoxy) is 1. The molecule has 0 saturated heterocycles. The van der Waals surface area contributed by atoms with Crippen molar-refractivity contribution in [1.82, 2.24) is 0 Å². The molecule has 2 nitrogen and oxygen atoms in total. The van der Waals surface area contributed by atoms with Crippen LogP contribution in [-0.4, -0.2) is 6.61 Å². The van der Waals surface area contributed by atoms with Crippen LogP contribution in [0.25, 0.3) is 0 Å². The number of nitriles is 1. The maximum absolute atomic E-state index is 13.1. The van der Waals surface area contributed by atoms with Crippen LogP contribution in [0.5, 0.6) is 5.75 Å². The van der Waals surface area contributed by atoms with E-state index >= 15 is 0 Å². The van der Waals surface area contributed by atoms with Crippen molar-refractivity contribution >= 4 is 0 Å². The van der Waals surface area contributed by atoms with Crippen LogP contribution >= 0.6 is 0 Å². The smallest absolute Gasteiger partial charge is 0.126 e. The lowest BCUT2D eigenvalue weighted by Gasteiger charge is -2.11. The molecule has 0 aromatic heterocycles. The number of halogens is 2. The summed E-state index contributed by atoms with van der Waals surface area (Å²) in [5, 5.41) is 9.12. The maximum Gasteiger partial charge on any atom is 0.126 e. The summed E-state index contributed by atoms with van der Waals surface area (Å²) >= 11 is 0. The van der Waals surface area contributed by atoms with Gasteiger partial charge in [0.2, 0.25) is 0 Å². The number of nitrogens with zero attached hydrogens (tertiary/aromatic N) is 1. The fraction of sp³-hybridized carbons (Fsp3) is 0.188. The SMILES string of the molecule is N#CC(CCOc1cccc(F)c1)c1cccc(F)c1.